The molecular weight excluding hydrogens is 398 g/mol. The van der Waals surface area contributed by atoms with Gasteiger partial charge in [0.15, 0.2) is 5.78 Å². The van der Waals surface area contributed by atoms with E-state index in [1.54, 1.807) is 18.6 Å². The lowest BCUT2D eigenvalue weighted by Crippen LogP contribution is -2.23. The molecule has 3 aromatic rings. The highest BCUT2D eigenvalue weighted by Gasteiger charge is 2.12. The number of hydrogen-bond acceptors (Lipinski definition) is 5. The van der Waals surface area contributed by atoms with Crippen LogP contribution in [0.4, 0.5) is 0 Å². The summed E-state index contributed by atoms with van der Waals surface area (Å²) in [4.78, 5) is 42.0. The van der Waals surface area contributed by atoms with Crippen LogP contribution in [-0.4, -0.2) is 27.0 Å². The van der Waals surface area contributed by atoms with Crippen molar-refractivity contribution in [2.75, 3.05) is 0 Å². The molecule has 7 heteroatoms. The van der Waals surface area contributed by atoms with E-state index in [0.717, 1.165) is 22.5 Å². The first kappa shape index (κ1) is 21.6. The second kappa shape index (κ2) is 10.6. The maximum Gasteiger partial charge on any atom is 0.220 e. The number of aromatic nitrogens is 2. The van der Waals surface area contributed by atoms with Gasteiger partial charge in [0.1, 0.15) is 5.78 Å². The van der Waals surface area contributed by atoms with Crippen LogP contribution >= 0.6 is 11.3 Å². The number of carbonyl (C=O) groups excluding carboxylic acids is 3. The van der Waals surface area contributed by atoms with E-state index in [0.29, 0.717) is 11.4 Å². The number of benzene rings is 1. The summed E-state index contributed by atoms with van der Waals surface area (Å²) < 4.78 is 1.98. The maximum atomic E-state index is 12.1. The van der Waals surface area contributed by atoms with Crippen molar-refractivity contribution in [3.05, 3.63) is 76.0 Å². The third-order valence-corrected chi connectivity index (χ3v) is 5.72. The van der Waals surface area contributed by atoms with Gasteiger partial charge in [0.05, 0.1) is 11.2 Å². The predicted octanol–water partition coefficient (Wildman–Crippen LogP) is 3.93. The zero-order chi connectivity index (χ0) is 21.3. The third kappa shape index (κ3) is 6.77. The van der Waals surface area contributed by atoms with E-state index in [1.165, 1.54) is 11.3 Å². The number of thiophene rings is 1. The monoisotopic (exact) mass is 423 g/mol. The number of rotatable bonds is 11. The second-order valence-corrected chi connectivity index (χ2v) is 8.49. The number of nitrogens with zero attached hydrogens (tertiary/aromatic N) is 2. The number of aryl methyl sites for hydroxylation is 1. The van der Waals surface area contributed by atoms with E-state index in [2.05, 4.69) is 10.3 Å². The summed E-state index contributed by atoms with van der Waals surface area (Å²) in [5.41, 5.74) is 2.13. The summed E-state index contributed by atoms with van der Waals surface area (Å²) in [6, 6.07) is 11.7. The molecule has 2 heterocycles. The van der Waals surface area contributed by atoms with Gasteiger partial charge in [0, 0.05) is 56.0 Å². The van der Waals surface area contributed by atoms with Crippen molar-refractivity contribution >= 4 is 28.8 Å². The summed E-state index contributed by atoms with van der Waals surface area (Å²) in [5.74, 6) is -0.237. The van der Waals surface area contributed by atoms with E-state index in [1.807, 2.05) is 48.0 Å². The van der Waals surface area contributed by atoms with Crippen LogP contribution < -0.4 is 5.32 Å². The third-order valence-electron chi connectivity index (χ3n) is 4.68. The normalized spacial score (nSPS) is 10.7. The van der Waals surface area contributed by atoms with Crippen LogP contribution in [-0.2, 0) is 22.7 Å². The second-order valence-electron chi connectivity index (χ2n) is 7.20. The minimum atomic E-state index is -0.163. The van der Waals surface area contributed by atoms with Crippen molar-refractivity contribution in [2.45, 2.75) is 45.7 Å². The molecule has 1 aromatic carbocycles. The molecule has 0 radical (unpaired) electrons. The standard InChI is InChI=1S/C23H25N3O3S/c1-17-5-9-22(30-17)21(28)8-6-20(27)7-10-23(29)25-14-18-3-2-4-19(13-18)15-26-12-11-24-16-26/h2-5,9,11-13,16H,6-8,10,14-15H2,1H3,(H,25,29). The number of imidazole rings is 1. The van der Waals surface area contributed by atoms with E-state index in [4.69, 9.17) is 0 Å². The molecule has 0 aliphatic heterocycles. The minimum Gasteiger partial charge on any atom is -0.352 e. The Labute approximate surface area is 180 Å². The van der Waals surface area contributed by atoms with Crippen LogP contribution in [0.25, 0.3) is 0 Å². The highest BCUT2D eigenvalue weighted by atomic mass is 32.1. The average Bonchev–Trinajstić information content (AvgIpc) is 3.41. The molecule has 0 saturated carbocycles. The van der Waals surface area contributed by atoms with Crippen molar-refractivity contribution < 1.29 is 14.4 Å². The SMILES string of the molecule is Cc1ccc(C(=O)CCC(=O)CCC(=O)NCc2cccc(Cn3ccnc3)c2)s1. The van der Waals surface area contributed by atoms with E-state index >= 15 is 0 Å². The van der Waals surface area contributed by atoms with Gasteiger partial charge in [0.25, 0.3) is 0 Å². The Morgan fingerprint density at radius 3 is 2.57 bits per heavy atom. The summed E-state index contributed by atoms with van der Waals surface area (Å²) in [6.45, 7) is 3.09. The van der Waals surface area contributed by atoms with Crippen LogP contribution in [0.15, 0.2) is 55.1 Å². The number of nitrogens with one attached hydrogen (secondary N) is 1. The van der Waals surface area contributed by atoms with E-state index in [9.17, 15) is 14.4 Å². The summed E-state index contributed by atoms with van der Waals surface area (Å²) in [6.07, 6.45) is 6.08. The topological polar surface area (TPSA) is 81.1 Å². The number of amides is 1. The summed E-state index contributed by atoms with van der Waals surface area (Å²) in [7, 11) is 0. The molecule has 0 atom stereocenters. The first-order chi connectivity index (χ1) is 14.5. The first-order valence-electron chi connectivity index (χ1n) is 9.91. The molecule has 0 unspecified atom stereocenters. The molecule has 2 aromatic heterocycles. The van der Waals surface area contributed by atoms with Gasteiger partial charge in [-0.25, -0.2) is 4.98 Å². The van der Waals surface area contributed by atoms with Gasteiger partial charge in [-0.3, -0.25) is 14.4 Å². The largest absolute Gasteiger partial charge is 0.352 e. The number of carbonyl (C=O) groups is 3. The highest BCUT2D eigenvalue weighted by molar-refractivity contribution is 7.14. The average molecular weight is 424 g/mol. The fourth-order valence-corrected chi connectivity index (χ4v) is 3.89. The Balaban J connectivity index is 1.36. The number of hydrogen-bond donors (Lipinski definition) is 1. The molecule has 0 spiro atoms. The van der Waals surface area contributed by atoms with Crippen LogP contribution in [0.1, 0.15) is 51.4 Å². The van der Waals surface area contributed by atoms with Gasteiger partial charge in [-0.05, 0) is 30.2 Å². The smallest absolute Gasteiger partial charge is 0.220 e. The molecule has 0 fully saturated rings. The lowest BCUT2D eigenvalue weighted by atomic mass is 10.1. The van der Waals surface area contributed by atoms with Gasteiger partial charge in [-0.2, -0.15) is 0 Å². The summed E-state index contributed by atoms with van der Waals surface area (Å²) >= 11 is 1.44. The molecule has 0 saturated heterocycles. The van der Waals surface area contributed by atoms with Gasteiger partial charge in [-0.15, -0.1) is 11.3 Å². The Hall–Kier alpha value is -3.06. The van der Waals surface area contributed by atoms with Crippen LogP contribution in [0.3, 0.4) is 0 Å². The Bertz CT molecular complexity index is 1010. The lowest BCUT2D eigenvalue weighted by molar-refractivity contribution is -0.125. The zero-order valence-corrected chi connectivity index (χ0v) is 17.8. The van der Waals surface area contributed by atoms with Crippen molar-refractivity contribution in [2.24, 2.45) is 0 Å². The molecular formula is C23H25N3O3S. The van der Waals surface area contributed by atoms with Crippen molar-refractivity contribution in [1.82, 2.24) is 14.9 Å². The van der Waals surface area contributed by atoms with Crippen LogP contribution in [0.5, 0.6) is 0 Å². The minimum absolute atomic E-state index is 0.0125. The molecule has 156 valence electrons. The van der Waals surface area contributed by atoms with Gasteiger partial charge in [0.2, 0.25) is 5.91 Å². The zero-order valence-electron chi connectivity index (χ0n) is 17.0. The molecule has 0 aliphatic rings. The molecule has 1 N–H and O–H groups in total. The Kier molecular flexibility index (Phi) is 7.68. The van der Waals surface area contributed by atoms with Crippen molar-refractivity contribution in [1.29, 1.82) is 0 Å². The first-order valence-corrected chi connectivity index (χ1v) is 10.7. The Morgan fingerprint density at radius 2 is 1.83 bits per heavy atom. The molecule has 0 aliphatic carbocycles. The lowest BCUT2D eigenvalue weighted by Gasteiger charge is -2.08. The van der Waals surface area contributed by atoms with E-state index < -0.39 is 0 Å². The molecule has 1 amide bonds. The molecule has 30 heavy (non-hydrogen) atoms. The number of Topliss-reactive ketones (excluding diaryl/α,β-unsaturated/α-hetero) is 2. The molecule has 0 bridgehead atoms. The van der Waals surface area contributed by atoms with Gasteiger partial charge < -0.3 is 9.88 Å². The van der Waals surface area contributed by atoms with Crippen molar-refractivity contribution in [3.8, 4) is 0 Å². The van der Waals surface area contributed by atoms with E-state index in [-0.39, 0.29) is 43.2 Å². The van der Waals surface area contributed by atoms with Crippen LogP contribution in [0, 0.1) is 6.92 Å². The molecule has 3 rings (SSSR count). The fourth-order valence-electron chi connectivity index (χ4n) is 3.06. The van der Waals surface area contributed by atoms with Gasteiger partial charge >= 0.3 is 0 Å². The van der Waals surface area contributed by atoms with Crippen LogP contribution in [0.2, 0.25) is 0 Å². The van der Waals surface area contributed by atoms with Gasteiger partial charge in [-0.1, -0.05) is 24.3 Å². The number of ketones is 2. The predicted molar refractivity (Wildman–Crippen MR) is 116 cm³/mol. The molecule has 6 nitrogen and oxygen atoms in total. The maximum absolute atomic E-state index is 12.1. The fraction of sp³-hybridized carbons (Fsp3) is 0.304. The Morgan fingerprint density at radius 1 is 1.03 bits per heavy atom. The highest BCUT2D eigenvalue weighted by Crippen LogP contribution is 2.17. The van der Waals surface area contributed by atoms with Crippen molar-refractivity contribution in [3.63, 3.8) is 0 Å². The quantitative estimate of drug-likeness (QED) is 0.474. The summed E-state index contributed by atoms with van der Waals surface area (Å²) in [5, 5.41) is 2.86.